The molecule has 3 N–H and O–H groups in total. The summed E-state index contributed by atoms with van der Waals surface area (Å²) in [7, 11) is 1.47. The number of nitrogens with zero attached hydrogens (tertiary/aromatic N) is 1. The standard InChI is InChI=1S/C26H23FN4O4/c1-16-13-23(31-35-16)30-26(33)24(17-7-4-3-5-8-17)28-20-11-12-22(34-2)21(15-20)29-25(32)18-9-6-10-19(27)14-18/h3-15,24,28H,1-2H3,(H,29,32)(H,30,31,33). The molecule has 178 valence electrons. The van der Waals surface area contributed by atoms with E-state index in [-0.39, 0.29) is 11.5 Å². The van der Waals surface area contributed by atoms with Crippen molar-refractivity contribution in [1.82, 2.24) is 5.16 Å². The van der Waals surface area contributed by atoms with Gasteiger partial charge in [-0.15, -0.1) is 0 Å². The zero-order chi connectivity index (χ0) is 24.8. The van der Waals surface area contributed by atoms with Gasteiger partial charge in [0.15, 0.2) is 5.82 Å². The summed E-state index contributed by atoms with van der Waals surface area (Å²) in [6.45, 7) is 1.73. The number of carbonyl (C=O) groups is 2. The Balaban J connectivity index is 1.60. The van der Waals surface area contributed by atoms with Crippen LogP contribution in [-0.4, -0.2) is 24.1 Å². The molecular formula is C26H23FN4O4. The predicted molar refractivity (Wildman–Crippen MR) is 130 cm³/mol. The summed E-state index contributed by atoms with van der Waals surface area (Å²) in [5, 5.41) is 12.5. The molecule has 3 aromatic carbocycles. The van der Waals surface area contributed by atoms with Crippen LogP contribution in [0, 0.1) is 12.7 Å². The molecule has 9 heteroatoms. The third kappa shape index (κ3) is 5.83. The van der Waals surface area contributed by atoms with E-state index >= 15 is 0 Å². The average molecular weight is 474 g/mol. The van der Waals surface area contributed by atoms with Crippen molar-refractivity contribution in [2.75, 3.05) is 23.1 Å². The van der Waals surface area contributed by atoms with Crippen LogP contribution < -0.4 is 20.7 Å². The van der Waals surface area contributed by atoms with Crippen LogP contribution in [-0.2, 0) is 4.79 Å². The van der Waals surface area contributed by atoms with Gasteiger partial charge in [-0.1, -0.05) is 41.6 Å². The molecule has 35 heavy (non-hydrogen) atoms. The highest BCUT2D eigenvalue weighted by atomic mass is 19.1. The Kier molecular flexibility index (Phi) is 7.06. The normalized spacial score (nSPS) is 11.4. The Bertz CT molecular complexity index is 1340. The van der Waals surface area contributed by atoms with Crippen molar-refractivity contribution in [2.45, 2.75) is 13.0 Å². The number of hydrogen-bond acceptors (Lipinski definition) is 6. The fourth-order valence-electron chi connectivity index (χ4n) is 3.46. The molecule has 1 heterocycles. The summed E-state index contributed by atoms with van der Waals surface area (Å²) in [6, 6.07) is 20.4. The number of aryl methyl sites for hydroxylation is 1. The predicted octanol–water partition coefficient (Wildman–Crippen LogP) is 5.17. The Labute approximate surface area is 201 Å². The lowest BCUT2D eigenvalue weighted by Gasteiger charge is -2.20. The fourth-order valence-corrected chi connectivity index (χ4v) is 3.46. The summed E-state index contributed by atoms with van der Waals surface area (Å²) >= 11 is 0. The van der Waals surface area contributed by atoms with Gasteiger partial charge in [-0.05, 0) is 48.9 Å². The number of aromatic nitrogens is 1. The van der Waals surface area contributed by atoms with Crippen LogP contribution in [0.25, 0.3) is 0 Å². The van der Waals surface area contributed by atoms with Gasteiger partial charge in [0.1, 0.15) is 23.4 Å². The van der Waals surface area contributed by atoms with E-state index in [4.69, 9.17) is 9.26 Å². The molecule has 0 saturated heterocycles. The molecule has 0 aliphatic heterocycles. The average Bonchev–Trinajstić information content (AvgIpc) is 3.27. The quantitative estimate of drug-likeness (QED) is 0.325. The molecule has 2 amide bonds. The number of methoxy groups -OCH3 is 1. The van der Waals surface area contributed by atoms with E-state index in [0.29, 0.717) is 34.3 Å². The minimum absolute atomic E-state index is 0.162. The number of ether oxygens (including phenoxy) is 1. The second kappa shape index (κ2) is 10.5. The smallest absolute Gasteiger partial charge is 0.255 e. The number of hydrogen-bond donors (Lipinski definition) is 3. The molecule has 0 aliphatic rings. The Morgan fingerprint density at radius 1 is 0.971 bits per heavy atom. The molecule has 4 aromatic rings. The topological polar surface area (TPSA) is 105 Å². The monoisotopic (exact) mass is 474 g/mol. The molecule has 0 aliphatic carbocycles. The Morgan fingerprint density at radius 2 is 1.77 bits per heavy atom. The maximum atomic E-state index is 13.6. The summed E-state index contributed by atoms with van der Waals surface area (Å²) in [5.41, 5.74) is 1.77. The number of benzene rings is 3. The molecule has 8 nitrogen and oxygen atoms in total. The number of carbonyl (C=O) groups excluding carboxylic acids is 2. The van der Waals surface area contributed by atoms with Crippen molar-refractivity contribution in [3.05, 3.63) is 102 Å². The molecule has 0 radical (unpaired) electrons. The van der Waals surface area contributed by atoms with Crippen LogP contribution >= 0.6 is 0 Å². The van der Waals surface area contributed by atoms with E-state index < -0.39 is 17.8 Å². The van der Waals surface area contributed by atoms with Gasteiger partial charge in [0, 0.05) is 17.3 Å². The number of rotatable bonds is 8. The second-order valence-electron chi connectivity index (χ2n) is 7.68. The van der Waals surface area contributed by atoms with Crippen LogP contribution in [0.4, 0.5) is 21.6 Å². The van der Waals surface area contributed by atoms with Crippen molar-refractivity contribution < 1.29 is 23.2 Å². The highest BCUT2D eigenvalue weighted by molar-refractivity contribution is 6.05. The number of halogens is 1. The van der Waals surface area contributed by atoms with Gasteiger partial charge in [0.25, 0.3) is 11.8 Å². The lowest BCUT2D eigenvalue weighted by molar-refractivity contribution is -0.117. The number of amides is 2. The molecule has 0 spiro atoms. The fraction of sp³-hybridized carbons (Fsp3) is 0.115. The van der Waals surface area contributed by atoms with Gasteiger partial charge >= 0.3 is 0 Å². The second-order valence-corrected chi connectivity index (χ2v) is 7.68. The first-order chi connectivity index (χ1) is 16.9. The number of anilines is 3. The molecule has 1 aromatic heterocycles. The molecule has 0 bridgehead atoms. The van der Waals surface area contributed by atoms with Crippen molar-refractivity contribution >= 4 is 29.0 Å². The van der Waals surface area contributed by atoms with Gasteiger partial charge < -0.3 is 25.2 Å². The summed E-state index contributed by atoms with van der Waals surface area (Å²) in [6.07, 6.45) is 0. The lowest BCUT2D eigenvalue weighted by Crippen LogP contribution is -2.27. The van der Waals surface area contributed by atoms with Crippen molar-refractivity contribution in [3.8, 4) is 5.75 Å². The van der Waals surface area contributed by atoms with E-state index in [1.807, 2.05) is 30.3 Å². The zero-order valence-electron chi connectivity index (χ0n) is 19.0. The highest BCUT2D eigenvalue weighted by Crippen LogP contribution is 2.31. The van der Waals surface area contributed by atoms with Crippen LogP contribution in [0.3, 0.4) is 0 Å². The van der Waals surface area contributed by atoms with Crippen LogP contribution in [0.15, 0.2) is 83.4 Å². The summed E-state index contributed by atoms with van der Waals surface area (Å²) in [5.74, 6) is -0.103. The molecule has 0 saturated carbocycles. The van der Waals surface area contributed by atoms with E-state index in [9.17, 15) is 14.0 Å². The first kappa shape index (κ1) is 23.5. The molecule has 0 fully saturated rings. The van der Waals surface area contributed by atoms with Crippen LogP contribution in [0.1, 0.15) is 27.7 Å². The van der Waals surface area contributed by atoms with E-state index in [2.05, 4.69) is 21.1 Å². The van der Waals surface area contributed by atoms with Crippen molar-refractivity contribution in [1.29, 1.82) is 0 Å². The molecule has 1 atom stereocenters. The first-order valence-corrected chi connectivity index (χ1v) is 10.7. The van der Waals surface area contributed by atoms with Gasteiger partial charge in [-0.3, -0.25) is 9.59 Å². The third-order valence-corrected chi connectivity index (χ3v) is 5.12. The highest BCUT2D eigenvalue weighted by Gasteiger charge is 2.22. The maximum absolute atomic E-state index is 13.6. The van der Waals surface area contributed by atoms with Crippen LogP contribution in [0.5, 0.6) is 5.75 Å². The Morgan fingerprint density at radius 3 is 2.46 bits per heavy atom. The molecular weight excluding hydrogens is 451 g/mol. The van der Waals surface area contributed by atoms with E-state index in [0.717, 1.165) is 6.07 Å². The van der Waals surface area contributed by atoms with Crippen LogP contribution in [0.2, 0.25) is 0 Å². The maximum Gasteiger partial charge on any atom is 0.255 e. The largest absolute Gasteiger partial charge is 0.495 e. The minimum atomic E-state index is -0.784. The van der Waals surface area contributed by atoms with Crippen molar-refractivity contribution in [3.63, 3.8) is 0 Å². The molecule has 1 unspecified atom stereocenters. The SMILES string of the molecule is COc1ccc(NC(C(=O)Nc2cc(C)on2)c2ccccc2)cc1NC(=O)c1cccc(F)c1. The van der Waals surface area contributed by atoms with E-state index in [1.54, 1.807) is 31.2 Å². The van der Waals surface area contributed by atoms with Gasteiger partial charge in [0.2, 0.25) is 0 Å². The first-order valence-electron chi connectivity index (χ1n) is 10.7. The van der Waals surface area contributed by atoms with Gasteiger partial charge in [-0.2, -0.15) is 0 Å². The minimum Gasteiger partial charge on any atom is -0.495 e. The third-order valence-electron chi connectivity index (χ3n) is 5.12. The lowest BCUT2D eigenvalue weighted by atomic mass is 10.1. The van der Waals surface area contributed by atoms with Crippen molar-refractivity contribution in [2.24, 2.45) is 0 Å². The van der Waals surface area contributed by atoms with E-state index in [1.165, 1.54) is 25.3 Å². The van der Waals surface area contributed by atoms with Gasteiger partial charge in [0.05, 0.1) is 12.8 Å². The summed E-state index contributed by atoms with van der Waals surface area (Å²) in [4.78, 5) is 25.8. The summed E-state index contributed by atoms with van der Waals surface area (Å²) < 4.78 is 23.9. The zero-order valence-corrected chi connectivity index (χ0v) is 19.0. The van der Waals surface area contributed by atoms with Gasteiger partial charge in [-0.25, -0.2) is 4.39 Å². The Hall–Kier alpha value is -4.66. The number of nitrogens with one attached hydrogen (secondary N) is 3. The molecule has 4 rings (SSSR count).